The quantitative estimate of drug-likeness (QED) is 0.779. The lowest BCUT2D eigenvalue weighted by molar-refractivity contribution is -0.136. The molecule has 5 amide bonds. The molecule has 2 unspecified atom stereocenters. The Morgan fingerprint density at radius 3 is 2.55 bits per heavy atom. The van der Waals surface area contributed by atoms with E-state index >= 15 is 0 Å². The minimum atomic E-state index is -1.01. The van der Waals surface area contributed by atoms with E-state index in [1.165, 1.54) is 12.1 Å². The molecule has 8 heteroatoms. The third-order valence-corrected chi connectivity index (χ3v) is 6.05. The van der Waals surface area contributed by atoms with Gasteiger partial charge in [-0.1, -0.05) is 6.92 Å². The minimum Gasteiger partial charge on any atom is -0.336 e. The first-order valence-corrected chi connectivity index (χ1v) is 10.1. The van der Waals surface area contributed by atoms with Crippen molar-refractivity contribution in [3.8, 4) is 0 Å². The van der Waals surface area contributed by atoms with Gasteiger partial charge in [0, 0.05) is 24.6 Å². The summed E-state index contributed by atoms with van der Waals surface area (Å²) < 4.78 is 0. The second kappa shape index (κ2) is 7.42. The molecule has 1 aromatic carbocycles. The number of hydrogen-bond acceptors (Lipinski definition) is 5. The second-order valence-corrected chi connectivity index (χ2v) is 7.76. The number of likely N-dealkylation sites (tertiary alicyclic amines) is 1. The first kappa shape index (κ1) is 19.3. The summed E-state index contributed by atoms with van der Waals surface area (Å²) in [5.41, 5.74) is 0.688. The molecule has 0 saturated carbocycles. The standard InChI is InChI=1S/C21H23N3O5/c1-2-13-5-3-4-10-23(13)19(27)12-6-7-14-15(11-12)21(29)24(20(14)28)16-8-9-17(25)22-18(16)26/h6-7,11,13,16H,2-5,8-10H2,1H3,(H,22,25,26). The van der Waals surface area contributed by atoms with Crippen molar-refractivity contribution in [3.05, 3.63) is 34.9 Å². The van der Waals surface area contributed by atoms with Gasteiger partial charge in [-0.2, -0.15) is 0 Å². The van der Waals surface area contributed by atoms with Crippen molar-refractivity contribution in [3.63, 3.8) is 0 Å². The number of amides is 5. The molecule has 0 aliphatic carbocycles. The maximum Gasteiger partial charge on any atom is 0.262 e. The topological polar surface area (TPSA) is 104 Å². The Morgan fingerprint density at radius 1 is 1.07 bits per heavy atom. The molecule has 8 nitrogen and oxygen atoms in total. The van der Waals surface area contributed by atoms with Gasteiger partial charge >= 0.3 is 0 Å². The number of nitrogens with zero attached hydrogens (tertiary/aromatic N) is 2. The van der Waals surface area contributed by atoms with Gasteiger partial charge in [-0.05, 0) is 50.3 Å². The van der Waals surface area contributed by atoms with Crippen LogP contribution < -0.4 is 5.32 Å². The maximum atomic E-state index is 13.0. The zero-order valence-electron chi connectivity index (χ0n) is 16.3. The minimum absolute atomic E-state index is 0.0704. The highest BCUT2D eigenvalue weighted by atomic mass is 16.2. The average Bonchev–Trinajstić information content (AvgIpc) is 2.97. The number of rotatable bonds is 3. The number of carbonyl (C=O) groups is 5. The Labute approximate surface area is 168 Å². The van der Waals surface area contributed by atoms with Crippen molar-refractivity contribution in [1.29, 1.82) is 0 Å². The molecule has 3 aliphatic rings. The van der Waals surface area contributed by atoms with Crippen LogP contribution in [0.25, 0.3) is 0 Å². The fourth-order valence-corrected chi connectivity index (χ4v) is 4.46. The molecule has 3 heterocycles. The highest BCUT2D eigenvalue weighted by molar-refractivity contribution is 6.24. The van der Waals surface area contributed by atoms with E-state index in [0.29, 0.717) is 12.1 Å². The van der Waals surface area contributed by atoms with Gasteiger partial charge in [0.15, 0.2) is 0 Å². The summed E-state index contributed by atoms with van der Waals surface area (Å²) in [5, 5.41) is 2.17. The summed E-state index contributed by atoms with van der Waals surface area (Å²) in [4.78, 5) is 65.0. The lowest BCUT2D eigenvalue weighted by Gasteiger charge is -2.35. The summed E-state index contributed by atoms with van der Waals surface area (Å²) >= 11 is 0. The normalized spacial score (nSPS) is 24.6. The molecule has 1 aromatic rings. The number of hydrogen-bond donors (Lipinski definition) is 1. The van der Waals surface area contributed by atoms with E-state index in [0.717, 1.165) is 30.6 Å². The lowest BCUT2D eigenvalue weighted by atomic mass is 9.98. The third kappa shape index (κ3) is 3.22. The van der Waals surface area contributed by atoms with Crippen LogP contribution in [0.4, 0.5) is 0 Å². The van der Waals surface area contributed by atoms with E-state index in [4.69, 9.17) is 0 Å². The van der Waals surface area contributed by atoms with Crippen LogP contribution in [0.5, 0.6) is 0 Å². The molecule has 0 radical (unpaired) electrons. The zero-order chi connectivity index (χ0) is 20.7. The van der Waals surface area contributed by atoms with Crippen molar-refractivity contribution in [1.82, 2.24) is 15.1 Å². The maximum absolute atomic E-state index is 13.0. The number of fused-ring (bicyclic) bond motifs is 1. The fourth-order valence-electron chi connectivity index (χ4n) is 4.46. The summed E-state index contributed by atoms with van der Waals surface area (Å²) in [6.45, 7) is 2.74. The molecule has 0 aromatic heterocycles. The molecule has 152 valence electrons. The number of piperidine rings is 2. The summed E-state index contributed by atoms with van der Waals surface area (Å²) in [6.07, 6.45) is 4.06. The van der Waals surface area contributed by atoms with Crippen LogP contribution in [-0.2, 0) is 9.59 Å². The van der Waals surface area contributed by atoms with E-state index in [9.17, 15) is 24.0 Å². The number of carbonyl (C=O) groups excluding carboxylic acids is 5. The van der Waals surface area contributed by atoms with Gasteiger partial charge in [0.2, 0.25) is 11.8 Å². The van der Waals surface area contributed by atoms with Crippen LogP contribution in [0.3, 0.4) is 0 Å². The SMILES string of the molecule is CCC1CCCCN1C(=O)c1ccc2c(c1)C(=O)N(C1CCC(=O)NC1=O)C2=O. The summed E-state index contributed by atoms with van der Waals surface area (Å²) in [6, 6.07) is 3.69. The molecule has 2 saturated heterocycles. The van der Waals surface area contributed by atoms with Gasteiger partial charge in [0.25, 0.3) is 17.7 Å². The van der Waals surface area contributed by atoms with E-state index in [1.807, 2.05) is 4.90 Å². The number of nitrogens with one attached hydrogen (secondary N) is 1. The van der Waals surface area contributed by atoms with Crippen LogP contribution in [0.2, 0.25) is 0 Å². The van der Waals surface area contributed by atoms with Crippen molar-refractivity contribution in [2.45, 2.75) is 57.5 Å². The van der Waals surface area contributed by atoms with Crippen molar-refractivity contribution in [2.75, 3.05) is 6.54 Å². The van der Waals surface area contributed by atoms with Gasteiger partial charge in [-0.15, -0.1) is 0 Å². The molecule has 3 aliphatic heterocycles. The number of imide groups is 2. The second-order valence-electron chi connectivity index (χ2n) is 7.76. The Morgan fingerprint density at radius 2 is 1.83 bits per heavy atom. The molecule has 1 N–H and O–H groups in total. The Bertz CT molecular complexity index is 925. The van der Waals surface area contributed by atoms with Gasteiger partial charge in [-0.25, -0.2) is 0 Å². The van der Waals surface area contributed by atoms with Crippen LogP contribution in [-0.4, -0.2) is 58.0 Å². The molecular formula is C21H23N3O5. The monoisotopic (exact) mass is 397 g/mol. The molecule has 0 bridgehead atoms. The molecular weight excluding hydrogens is 374 g/mol. The highest BCUT2D eigenvalue weighted by Gasteiger charge is 2.45. The molecule has 0 spiro atoms. The van der Waals surface area contributed by atoms with Crippen molar-refractivity contribution >= 4 is 29.5 Å². The number of benzene rings is 1. The molecule has 2 atom stereocenters. The Balaban J connectivity index is 1.61. The van der Waals surface area contributed by atoms with E-state index in [2.05, 4.69) is 12.2 Å². The lowest BCUT2D eigenvalue weighted by Crippen LogP contribution is -2.54. The van der Waals surface area contributed by atoms with Gasteiger partial charge in [0.1, 0.15) is 6.04 Å². The van der Waals surface area contributed by atoms with E-state index in [-0.39, 0.29) is 35.9 Å². The Hall–Kier alpha value is -3.03. The molecule has 2 fully saturated rings. The van der Waals surface area contributed by atoms with Crippen molar-refractivity contribution in [2.24, 2.45) is 0 Å². The van der Waals surface area contributed by atoms with Gasteiger partial charge in [-0.3, -0.25) is 34.2 Å². The third-order valence-electron chi connectivity index (χ3n) is 6.05. The van der Waals surface area contributed by atoms with E-state index in [1.54, 1.807) is 6.07 Å². The highest BCUT2D eigenvalue weighted by Crippen LogP contribution is 2.29. The van der Waals surface area contributed by atoms with Gasteiger partial charge < -0.3 is 4.90 Å². The Kier molecular flexibility index (Phi) is 4.94. The zero-order valence-corrected chi connectivity index (χ0v) is 16.3. The van der Waals surface area contributed by atoms with Crippen molar-refractivity contribution < 1.29 is 24.0 Å². The predicted octanol–water partition coefficient (Wildman–Crippen LogP) is 1.49. The summed E-state index contributed by atoms with van der Waals surface area (Å²) in [7, 11) is 0. The van der Waals surface area contributed by atoms with E-state index < -0.39 is 29.7 Å². The van der Waals surface area contributed by atoms with Crippen LogP contribution in [0.1, 0.15) is 76.5 Å². The van der Waals surface area contributed by atoms with Crippen LogP contribution >= 0.6 is 0 Å². The van der Waals surface area contributed by atoms with Crippen LogP contribution in [0.15, 0.2) is 18.2 Å². The molecule has 29 heavy (non-hydrogen) atoms. The van der Waals surface area contributed by atoms with Crippen LogP contribution in [0, 0.1) is 0 Å². The predicted molar refractivity (Wildman–Crippen MR) is 102 cm³/mol. The average molecular weight is 397 g/mol. The first-order valence-electron chi connectivity index (χ1n) is 10.1. The first-order chi connectivity index (χ1) is 13.9. The fraction of sp³-hybridized carbons (Fsp3) is 0.476. The molecule has 4 rings (SSSR count). The van der Waals surface area contributed by atoms with Gasteiger partial charge in [0.05, 0.1) is 11.1 Å². The smallest absolute Gasteiger partial charge is 0.262 e. The largest absolute Gasteiger partial charge is 0.336 e. The summed E-state index contributed by atoms with van der Waals surface area (Å²) in [5.74, 6) is -2.37.